The molecule has 5 nitrogen and oxygen atoms in total. The Hall–Kier alpha value is -2.17. The average molecular weight is 289 g/mol. The zero-order chi connectivity index (χ0) is 15.6. The quantitative estimate of drug-likeness (QED) is 0.812. The van der Waals surface area contributed by atoms with Crippen molar-refractivity contribution in [2.24, 2.45) is 0 Å². The summed E-state index contributed by atoms with van der Waals surface area (Å²) in [5, 5.41) is 9.11. The lowest BCUT2D eigenvalue weighted by Crippen LogP contribution is -2.45. The number of carbonyl (C=O) groups excluding carboxylic acids is 2. The molecule has 112 valence electrons. The third-order valence-corrected chi connectivity index (χ3v) is 3.72. The van der Waals surface area contributed by atoms with Crippen molar-refractivity contribution in [2.75, 3.05) is 0 Å². The van der Waals surface area contributed by atoms with Gasteiger partial charge in [0.2, 0.25) is 5.91 Å². The number of nitrogens with zero attached hydrogens (tertiary/aromatic N) is 1. The molecule has 1 aromatic rings. The Kier molecular flexibility index (Phi) is 4.40. The molecule has 0 spiro atoms. The molecule has 1 N–H and O–H groups in total. The number of carboxylic acids is 1. The van der Waals surface area contributed by atoms with Gasteiger partial charge < -0.3 is 10.0 Å². The van der Waals surface area contributed by atoms with Crippen molar-refractivity contribution >= 4 is 17.7 Å². The Morgan fingerprint density at radius 3 is 2.24 bits per heavy atom. The third-order valence-electron chi connectivity index (χ3n) is 3.72. The number of rotatable bonds is 6. The number of benzene rings is 1. The maximum absolute atomic E-state index is 12.4. The summed E-state index contributed by atoms with van der Waals surface area (Å²) < 4.78 is 0. The van der Waals surface area contributed by atoms with E-state index in [0.29, 0.717) is 5.56 Å². The summed E-state index contributed by atoms with van der Waals surface area (Å²) in [4.78, 5) is 36.2. The first-order valence-electron chi connectivity index (χ1n) is 7.04. The molecule has 0 aromatic heterocycles. The Morgan fingerprint density at radius 2 is 1.81 bits per heavy atom. The van der Waals surface area contributed by atoms with E-state index in [2.05, 4.69) is 0 Å². The number of hydrogen-bond acceptors (Lipinski definition) is 3. The zero-order valence-corrected chi connectivity index (χ0v) is 12.2. The van der Waals surface area contributed by atoms with E-state index in [0.717, 1.165) is 18.4 Å². The molecule has 0 bridgehead atoms. The second kappa shape index (κ2) is 6.08. The Bertz CT molecular complexity index is 560. The SMILES string of the molecule is CC(=O)c1ccc(CC(=O)N(C2CC2)C(C)C(=O)O)cc1. The lowest BCUT2D eigenvalue weighted by Gasteiger charge is -2.26. The molecule has 0 aliphatic heterocycles. The van der Waals surface area contributed by atoms with E-state index in [-0.39, 0.29) is 24.2 Å². The van der Waals surface area contributed by atoms with Crippen molar-refractivity contribution in [3.63, 3.8) is 0 Å². The van der Waals surface area contributed by atoms with Gasteiger partial charge in [-0.25, -0.2) is 4.79 Å². The molecule has 0 saturated heterocycles. The first kappa shape index (κ1) is 15.2. The van der Waals surface area contributed by atoms with Gasteiger partial charge in [0.1, 0.15) is 6.04 Å². The molecule has 1 unspecified atom stereocenters. The van der Waals surface area contributed by atoms with Crippen LogP contribution in [0.4, 0.5) is 0 Å². The Labute approximate surface area is 123 Å². The van der Waals surface area contributed by atoms with Gasteiger partial charge in [-0.1, -0.05) is 24.3 Å². The smallest absolute Gasteiger partial charge is 0.326 e. The number of aliphatic carboxylic acids is 1. The van der Waals surface area contributed by atoms with Gasteiger partial charge in [0.15, 0.2) is 5.78 Å². The van der Waals surface area contributed by atoms with E-state index in [1.54, 1.807) is 24.3 Å². The van der Waals surface area contributed by atoms with Gasteiger partial charge in [0.25, 0.3) is 0 Å². The lowest BCUT2D eigenvalue weighted by atomic mass is 10.1. The minimum atomic E-state index is -0.984. The van der Waals surface area contributed by atoms with E-state index in [4.69, 9.17) is 5.11 Å². The van der Waals surface area contributed by atoms with Gasteiger partial charge in [-0.3, -0.25) is 9.59 Å². The minimum Gasteiger partial charge on any atom is -0.480 e. The van der Waals surface area contributed by atoms with Crippen molar-refractivity contribution in [2.45, 2.75) is 45.2 Å². The van der Waals surface area contributed by atoms with E-state index in [1.807, 2.05) is 0 Å². The van der Waals surface area contributed by atoms with Crippen LogP contribution >= 0.6 is 0 Å². The molecular weight excluding hydrogens is 270 g/mol. The second-order valence-electron chi connectivity index (χ2n) is 5.48. The van der Waals surface area contributed by atoms with E-state index < -0.39 is 12.0 Å². The lowest BCUT2D eigenvalue weighted by molar-refractivity contribution is -0.149. The molecule has 1 aromatic carbocycles. The summed E-state index contributed by atoms with van der Waals surface area (Å²) in [6, 6.07) is 6.11. The molecule has 1 fully saturated rings. The number of hydrogen-bond donors (Lipinski definition) is 1. The highest BCUT2D eigenvalue weighted by Crippen LogP contribution is 2.29. The van der Waals surface area contributed by atoms with Crippen LogP contribution in [0.15, 0.2) is 24.3 Å². The molecule has 1 atom stereocenters. The third kappa shape index (κ3) is 3.68. The van der Waals surface area contributed by atoms with Crippen molar-refractivity contribution in [1.82, 2.24) is 4.90 Å². The summed E-state index contributed by atoms with van der Waals surface area (Å²) in [5.74, 6) is -1.18. The normalized spacial score (nSPS) is 15.3. The van der Waals surface area contributed by atoms with Crippen LogP contribution in [0.25, 0.3) is 0 Å². The van der Waals surface area contributed by atoms with Gasteiger partial charge in [0, 0.05) is 11.6 Å². The van der Waals surface area contributed by atoms with Crippen molar-refractivity contribution in [1.29, 1.82) is 0 Å². The summed E-state index contributed by atoms with van der Waals surface area (Å²) in [6.07, 6.45) is 1.89. The highest BCUT2D eigenvalue weighted by atomic mass is 16.4. The van der Waals surface area contributed by atoms with Crippen molar-refractivity contribution < 1.29 is 19.5 Å². The molecule has 0 radical (unpaired) electrons. The standard InChI is InChI=1S/C16H19NO4/c1-10(16(20)21)17(14-7-8-14)15(19)9-12-3-5-13(6-4-12)11(2)18/h3-6,10,14H,7-9H2,1-2H3,(H,20,21). The van der Waals surface area contributed by atoms with Gasteiger partial charge >= 0.3 is 5.97 Å². The number of carbonyl (C=O) groups is 3. The summed E-state index contributed by atoms with van der Waals surface area (Å²) in [7, 11) is 0. The molecule has 1 saturated carbocycles. The van der Waals surface area contributed by atoms with E-state index in [9.17, 15) is 14.4 Å². The monoisotopic (exact) mass is 289 g/mol. The Balaban J connectivity index is 2.08. The first-order valence-corrected chi connectivity index (χ1v) is 7.04. The summed E-state index contributed by atoms with van der Waals surface area (Å²) >= 11 is 0. The molecule has 21 heavy (non-hydrogen) atoms. The highest BCUT2D eigenvalue weighted by Gasteiger charge is 2.38. The molecule has 1 amide bonds. The molecule has 1 aliphatic rings. The first-order chi connectivity index (χ1) is 9.90. The summed E-state index contributed by atoms with van der Waals surface area (Å²) in [6.45, 7) is 3.03. The van der Waals surface area contributed by atoms with Gasteiger partial charge in [-0.15, -0.1) is 0 Å². The van der Waals surface area contributed by atoms with Crippen LogP contribution in [0.1, 0.15) is 42.6 Å². The maximum atomic E-state index is 12.4. The van der Waals surface area contributed by atoms with Gasteiger partial charge in [-0.2, -0.15) is 0 Å². The minimum absolute atomic E-state index is 0.0213. The zero-order valence-electron chi connectivity index (χ0n) is 12.2. The van der Waals surface area contributed by atoms with Crippen molar-refractivity contribution in [3.05, 3.63) is 35.4 Å². The highest BCUT2D eigenvalue weighted by molar-refractivity contribution is 5.94. The van der Waals surface area contributed by atoms with Crippen LogP contribution in [0.5, 0.6) is 0 Å². The fraction of sp³-hybridized carbons (Fsp3) is 0.438. The van der Waals surface area contributed by atoms with Crippen LogP contribution in [0, 0.1) is 0 Å². The molecule has 1 aliphatic carbocycles. The number of Topliss-reactive ketones (excluding diaryl/α,β-unsaturated/α-hetero) is 1. The van der Waals surface area contributed by atoms with Crippen LogP contribution in [0.3, 0.4) is 0 Å². The fourth-order valence-corrected chi connectivity index (χ4v) is 2.33. The Morgan fingerprint density at radius 1 is 1.24 bits per heavy atom. The van der Waals surface area contributed by atoms with Crippen LogP contribution in [-0.4, -0.2) is 39.7 Å². The average Bonchev–Trinajstić information content (AvgIpc) is 3.24. The number of amides is 1. The molecule has 0 heterocycles. The largest absolute Gasteiger partial charge is 0.480 e. The number of ketones is 1. The number of carboxylic acid groups (broad SMARTS) is 1. The van der Waals surface area contributed by atoms with Crippen LogP contribution < -0.4 is 0 Å². The maximum Gasteiger partial charge on any atom is 0.326 e. The fourth-order valence-electron chi connectivity index (χ4n) is 2.33. The van der Waals surface area contributed by atoms with Crippen LogP contribution in [0.2, 0.25) is 0 Å². The topological polar surface area (TPSA) is 74.7 Å². The summed E-state index contributed by atoms with van der Waals surface area (Å²) in [5.41, 5.74) is 1.39. The molecule has 5 heteroatoms. The van der Waals surface area contributed by atoms with Gasteiger partial charge in [-0.05, 0) is 32.3 Å². The van der Waals surface area contributed by atoms with E-state index in [1.165, 1.54) is 18.7 Å². The predicted octanol–water partition coefficient (Wildman–Crippen LogP) is 1.90. The van der Waals surface area contributed by atoms with E-state index >= 15 is 0 Å². The molecular formula is C16H19NO4. The second-order valence-corrected chi connectivity index (χ2v) is 5.48. The molecule has 2 rings (SSSR count). The van der Waals surface area contributed by atoms with Crippen LogP contribution in [-0.2, 0) is 16.0 Å². The predicted molar refractivity (Wildman–Crippen MR) is 77.1 cm³/mol. The van der Waals surface area contributed by atoms with Crippen molar-refractivity contribution in [3.8, 4) is 0 Å². The van der Waals surface area contributed by atoms with Gasteiger partial charge in [0.05, 0.1) is 6.42 Å².